The smallest absolute Gasteiger partial charge is 0.339 e. The standard InChI is InChI=1S/C17H24N6O9S/c1-22(10-14(24)25)15(26)12(7-5-9-19-17(18)20-23(28)29)21-33(30,31)13-8-4-3-6-11(13)16(27)32-2/h3-4,6,8,12,21H,5,7,9-10H2,1-2H3,(H,24,25)(H3,18,19,20)/t12-/m1/s1. The molecule has 1 aromatic rings. The van der Waals surface area contributed by atoms with E-state index in [0.29, 0.717) is 0 Å². The molecule has 0 fully saturated rings. The van der Waals surface area contributed by atoms with Gasteiger partial charge in [0.05, 0.1) is 17.6 Å². The Labute approximate surface area is 188 Å². The van der Waals surface area contributed by atoms with Gasteiger partial charge in [0.25, 0.3) is 5.96 Å². The number of esters is 1. The first-order valence-electron chi connectivity index (χ1n) is 9.27. The number of hydrogen-bond acceptors (Lipinski definition) is 8. The Bertz CT molecular complexity index is 1030. The number of aliphatic carboxylic acids is 1. The highest BCUT2D eigenvalue weighted by Crippen LogP contribution is 2.18. The van der Waals surface area contributed by atoms with Gasteiger partial charge in [-0.2, -0.15) is 4.72 Å². The van der Waals surface area contributed by atoms with E-state index in [2.05, 4.69) is 19.9 Å². The van der Waals surface area contributed by atoms with Crippen molar-refractivity contribution in [2.45, 2.75) is 23.8 Å². The maximum Gasteiger partial charge on any atom is 0.339 e. The van der Waals surface area contributed by atoms with E-state index in [1.54, 1.807) is 0 Å². The lowest BCUT2D eigenvalue weighted by atomic mass is 10.1. The summed E-state index contributed by atoms with van der Waals surface area (Å²) in [4.78, 5) is 46.3. The monoisotopic (exact) mass is 488 g/mol. The minimum Gasteiger partial charge on any atom is -0.480 e. The predicted octanol–water partition coefficient (Wildman–Crippen LogP) is -1.46. The summed E-state index contributed by atoms with van der Waals surface area (Å²) in [6.07, 6.45) is -0.0480. The van der Waals surface area contributed by atoms with E-state index in [9.17, 15) is 32.9 Å². The molecular formula is C17H24N6O9S. The van der Waals surface area contributed by atoms with Crippen molar-refractivity contribution in [2.24, 2.45) is 10.8 Å². The van der Waals surface area contributed by atoms with Gasteiger partial charge in [-0.3, -0.25) is 9.59 Å². The predicted molar refractivity (Wildman–Crippen MR) is 113 cm³/mol. The Balaban J connectivity index is 3.11. The Kier molecular flexibility index (Phi) is 10.2. The first-order chi connectivity index (χ1) is 15.4. The molecule has 0 saturated heterocycles. The number of likely N-dealkylation sites (N-methyl/N-ethyl adjacent to an activating group) is 1. The van der Waals surface area contributed by atoms with Crippen molar-refractivity contribution in [3.63, 3.8) is 0 Å². The number of rotatable bonds is 12. The lowest BCUT2D eigenvalue weighted by Gasteiger charge is -2.24. The maximum absolute atomic E-state index is 13.0. The van der Waals surface area contributed by atoms with Crippen LogP contribution in [0.3, 0.4) is 0 Å². The molecule has 0 saturated carbocycles. The van der Waals surface area contributed by atoms with Gasteiger partial charge in [0.15, 0.2) is 5.03 Å². The van der Waals surface area contributed by atoms with E-state index < -0.39 is 56.3 Å². The number of carbonyl (C=O) groups excluding carboxylic acids is 2. The van der Waals surface area contributed by atoms with Crippen molar-refractivity contribution >= 4 is 33.8 Å². The number of nitrogens with one attached hydrogen (secondary N) is 2. The van der Waals surface area contributed by atoms with Gasteiger partial charge in [-0.1, -0.05) is 12.1 Å². The van der Waals surface area contributed by atoms with Gasteiger partial charge >= 0.3 is 11.9 Å². The Morgan fingerprint density at radius 1 is 1.33 bits per heavy atom. The fourth-order valence-electron chi connectivity index (χ4n) is 2.66. The third-order valence-corrected chi connectivity index (χ3v) is 5.62. The number of carboxylic acids is 1. The van der Waals surface area contributed by atoms with E-state index in [4.69, 9.17) is 10.8 Å². The molecule has 0 aromatic heterocycles. The number of hydrazone groups is 1. The number of guanidine groups is 1. The molecule has 16 heteroatoms. The van der Waals surface area contributed by atoms with Gasteiger partial charge in [0.2, 0.25) is 15.9 Å². The van der Waals surface area contributed by atoms with Gasteiger partial charge in [-0.05, 0) is 25.0 Å². The number of hydrogen-bond donors (Lipinski definition) is 4. The SMILES string of the molecule is COC(=O)c1ccccc1S(=O)(=O)N[C@H](CCCN/C(N)=N\[N+](=O)[O-])C(=O)N(C)CC(=O)O. The van der Waals surface area contributed by atoms with Crippen molar-refractivity contribution in [3.8, 4) is 0 Å². The summed E-state index contributed by atoms with van der Waals surface area (Å²) in [5.41, 5.74) is 5.03. The molecule has 0 heterocycles. The molecule has 0 radical (unpaired) electrons. The molecule has 1 amide bonds. The molecule has 0 aliphatic rings. The molecule has 1 aromatic carbocycles. The van der Waals surface area contributed by atoms with Gasteiger partial charge < -0.3 is 25.8 Å². The average molecular weight is 488 g/mol. The Morgan fingerprint density at radius 2 is 1.97 bits per heavy atom. The number of nitrogens with zero attached hydrogens (tertiary/aromatic N) is 3. The zero-order valence-electron chi connectivity index (χ0n) is 17.8. The molecule has 1 atom stereocenters. The summed E-state index contributed by atoms with van der Waals surface area (Å²) in [6, 6.07) is 3.76. The summed E-state index contributed by atoms with van der Waals surface area (Å²) >= 11 is 0. The highest BCUT2D eigenvalue weighted by Gasteiger charge is 2.30. The Hall–Kier alpha value is -3.79. The molecule has 0 spiro atoms. The van der Waals surface area contributed by atoms with Crippen LogP contribution >= 0.6 is 0 Å². The van der Waals surface area contributed by atoms with Crippen LogP contribution in [0, 0.1) is 10.1 Å². The van der Waals surface area contributed by atoms with Crippen LogP contribution in [0.1, 0.15) is 23.2 Å². The van der Waals surface area contributed by atoms with E-state index in [-0.39, 0.29) is 24.9 Å². The maximum atomic E-state index is 13.0. The van der Waals surface area contributed by atoms with Crippen LogP contribution in [0.2, 0.25) is 0 Å². The number of sulfonamides is 1. The highest BCUT2D eigenvalue weighted by molar-refractivity contribution is 7.89. The molecule has 0 bridgehead atoms. The molecule has 5 N–H and O–H groups in total. The van der Waals surface area contributed by atoms with Crippen LogP contribution in [0.15, 0.2) is 34.3 Å². The molecule has 0 unspecified atom stereocenters. The first-order valence-corrected chi connectivity index (χ1v) is 10.8. The number of carbonyl (C=O) groups is 3. The van der Waals surface area contributed by atoms with Crippen LogP contribution in [-0.4, -0.2) is 80.6 Å². The molecule has 1 rings (SSSR count). The second-order valence-electron chi connectivity index (χ2n) is 6.54. The lowest BCUT2D eigenvalue weighted by molar-refractivity contribution is -0.485. The van der Waals surface area contributed by atoms with Crippen LogP contribution < -0.4 is 15.8 Å². The van der Waals surface area contributed by atoms with E-state index in [0.717, 1.165) is 18.1 Å². The minimum atomic E-state index is -4.43. The van der Waals surface area contributed by atoms with Gasteiger partial charge in [0.1, 0.15) is 17.7 Å². The van der Waals surface area contributed by atoms with Gasteiger partial charge in [0, 0.05) is 13.6 Å². The molecular weight excluding hydrogens is 464 g/mol. The normalized spacial score (nSPS) is 12.5. The van der Waals surface area contributed by atoms with Crippen LogP contribution in [0.5, 0.6) is 0 Å². The molecule has 0 aliphatic heterocycles. The number of benzene rings is 1. The van der Waals surface area contributed by atoms with Gasteiger partial charge in [-0.15, -0.1) is 0 Å². The topological polar surface area (TPSA) is 224 Å². The summed E-state index contributed by atoms with van der Waals surface area (Å²) in [6.45, 7) is -0.688. The quantitative estimate of drug-likeness (QED) is 0.0664. The third kappa shape index (κ3) is 8.69. The number of carboxylic acid groups (broad SMARTS) is 1. The minimum absolute atomic E-state index is 0.00390. The number of nitrogens with two attached hydrogens (primary N) is 1. The number of methoxy groups -OCH3 is 1. The van der Waals surface area contributed by atoms with Crippen molar-refractivity contribution < 1.29 is 37.7 Å². The first kappa shape index (κ1) is 27.2. The van der Waals surface area contributed by atoms with Crippen LogP contribution in [-0.2, 0) is 24.3 Å². The van der Waals surface area contributed by atoms with Crippen LogP contribution in [0.25, 0.3) is 0 Å². The summed E-state index contributed by atoms with van der Waals surface area (Å²) in [5, 5.41) is 23.4. The second kappa shape index (κ2) is 12.3. The average Bonchev–Trinajstić information content (AvgIpc) is 2.73. The third-order valence-electron chi connectivity index (χ3n) is 4.09. The molecule has 182 valence electrons. The zero-order chi connectivity index (χ0) is 25.2. The largest absolute Gasteiger partial charge is 0.480 e. The van der Waals surface area contributed by atoms with Gasteiger partial charge in [-0.25, -0.2) is 23.3 Å². The number of nitro groups is 1. The summed E-state index contributed by atoms with van der Waals surface area (Å²) in [7, 11) is -2.17. The fraction of sp³-hybridized carbons (Fsp3) is 0.412. The zero-order valence-corrected chi connectivity index (χ0v) is 18.6. The molecule has 15 nitrogen and oxygen atoms in total. The van der Waals surface area contributed by atoms with E-state index in [1.807, 2.05) is 0 Å². The lowest BCUT2D eigenvalue weighted by Crippen LogP contribution is -2.49. The second-order valence-corrected chi connectivity index (χ2v) is 8.22. The van der Waals surface area contributed by atoms with E-state index in [1.165, 1.54) is 25.2 Å². The number of ether oxygens (including phenoxy) is 1. The van der Waals surface area contributed by atoms with Crippen molar-refractivity contribution in [1.82, 2.24) is 14.9 Å². The summed E-state index contributed by atoms with van der Waals surface area (Å²) in [5.74, 6) is -3.55. The van der Waals surface area contributed by atoms with Crippen molar-refractivity contribution in [2.75, 3.05) is 27.2 Å². The summed E-state index contributed by atoms with van der Waals surface area (Å²) < 4.78 is 32.7. The number of amides is 1. The molecule has 33 heavy (non-hydrogen) atoms. The van der Waals surface area contributed by atoms with Crippen molar-refractivity contribution in [1.29, 1.82) is 0 Å². The Morgan fingerprint density at radius 3 is 2.55 bits per heavy atom. The van der Waals surface area contributed by atoms with E-state index >= 15 is 0 Å². The highest BCUT2D eigenvalue weighted by atomic mass is 32.2. The van der Waals surface area contributed by atoms with Crippen LogP contribution in [0.4, 0.5) is 0 Å². The fourth-order valence-corrected chi connectivity index (χ4v) is 4.07. The van der Waals surface area contributed by atoms with Crippen molar-refractivity contribution in [3.05, 3.63) is 39.9 Å². The molecule has 0 aliphatic carbocycles.